The lowest BCUT2D eigenvalue weighted by molar-refractivity contribution is 0.425. The third kappa shape index (κ3) is 1.82. The maximum Gasteiger partial charge on any atom is 0.0186 e. The van der Waals surface area contributed by atoms with Crippen LogP contribution in [0.2, 0.25) is 0 Å². The van der Waals surface area contributed by atoms with Gasteiger partial charge < -0.3 is 0 Å². The van der Waals surface area contributed by atoms with Crippen molar-refractivity contribution in [3.05, 3.63) is 70.3 Å². The minimum absolute atomic E-state index is 0.137. The molecule has 0 N–H and O–H groups in total. The van der Waals surface area contributed by atoms with Crippen molar-refractivity contribution in [3.63, 3.8) is 0 Å². The van der Waals surface area contributed by atoms with Crippen molar-refractivity contribution in [1.29, 1.82) is 0 Å². The Morgan fingerprint density at radius 2 is 1.45 bits per heavy atom. The molecule has 0 heteroatoms. The zero-order valence-electron chi connectivity index (χ0n) is 13.2. The Kier molecular flexibility index (Phi) is 2.83. The molecule has 0 radical (unpaired) electrons. The molecule has 1 unspecified atom stereocenters. The first kappa shape index (κ1) is 13.4. The third-order valence-electron chi connectivity index (χ3n) is 5.19. The molecule has 1 aliphatic rings. The summed E-state index contributed by atoms with van der Waals surface area (Å²) in [5, 5.41) is 0. The van der Waals surface area contributed by atoms with Gasteiger partial charge >= 0.3 is 0 Å². The molecule has 1 atom stereocenters. The van der Waals surface area contributed by atoms with Gasteiger partial charge in [-0.05, 0) is 53.5 Å². The minimum atomic E-state index is 0.137. The molecule has 2 aromatic carbocycles. The van der Waals surface area contributed by atoms with Crippen LogP contribution in [0.1, 0.15) is 55.0 Å². The first-order chi connectivity index (χ1) is 9.34. The van der Waals surface area contributed by atoms with Crippen LogP contribution >= 0.6 is 0 Å². The molecular formula is C20H24. The Morgan fingerprint density at radius 1 is 0.800 bits per heavy atom. The molecule has 0 spiro atoms. The SMILES string of the molecule is Cc1ccc(C2(C)CC(C)(C)c3ccccc32)cc1C. The highest BCUT2D eigenvalue weighted by atomic mass is 14.5. The summed E-state index contributed by atoms with van der Waals surface area (Å²) in [6, 6.07) is 15.9. The van der Waals surface area contributed by atoms with Gasteiger partial charge in [-0.25, -0.2) is 0 Å². The normalized spacial score (nSPS) is 23.6. The summed E-state index contributed by atoms with van der Waals surface area (Å²) in [6.07, 6.45) is 1.18. The predicted molar refractivity (Wildman–Crippen MR) is 86.5 cm³/mol. The summed E-state index contributed by atoms with van der Waals surface area (Å²) in [6.45, 7) is 11.6. The molecule has 1 aliphatic carbocycles. The number of benzene rings is 2. The zero-order valence-corrected chi connectivity index (χ0v) is 13.2. The highest BCUT2D eigenvalue weighted by Gasteiger charge is 2.45. The molecule has 0 bridgehead atoms. The van der Waals surface area contributed by atoms with Crippen molar-refractivity contribution >= 4 is 0 Å². The van der Waals surface area contributed by atoms with E-state index in [0.717, 1.165) is 0 Å². The highest BCUT2D eigenvalue weighted by molar-refractivity contribution is 5.52. The van der Waals surface area contributed by atoms with Crippen LogP contribution in [0.15, 0.2) is 42.5 Å². The fourth-order valence-corrected chi connectivity index (χ4v) is 3.97. The Labute approximate surface area is 122 Å². The van der Waals surface area contributed by atoms with E-state index in [9.17, 15) is 0 Å². The lowest BCUT2D eigenvalue weighted by Crippen LogP contribution is -2.23. The molecule has 0 aliphatic heterocycles. The quantitative estimate of drug-likeness (QED) is 0.656. The molecule has 0 saturated carbocycles. The molecule has 20 heavy (non-hydrogen) atoms. The molecular weight excluding hydrogens is 240 g/mol. The van der Waals surface area contributed by atoms with Crippen molar-refractivity contribution in [2.45, 2.75) is 51.9 Å². The minimum Gasteiger partial charge on any atom is -0.0620 e. The van der Waals surface area contributed by atoms with Gasteiger partial charge in [-0.1, -0.05) is 63.2 Å². The summed E-state index contributed by atoms with van der Waals surface area (Å²) in [4.78, 5) is 0. The number of hydrogen-bond acceptors (Lipinski definition) is 0. The van der Waals surface area contributed by atoms with Crippen molar-refractivity contribution in [3.8, 4) is 0 Å². The molecule has 0 amide bonds. The predicted octanol–water partition coefficient (Wildman–Crippen LogP) is 5.29. The summed E-state index contributed by atoms with van der Waals surface area (Å²) in [5.74, 6) is 0. The van der Waals surface area contributed by atoms with E-state index in [-0.39, 0.29) is 10.8 Å². The summed E-state index contributed by atoms with van der Waals surface area (Å²) in [5.41, 5.74) is 7.64. The van der Waals surface area contributed by atoms with E-state index in [1.807, 2.05) is 0 Å². The van der Waals surface area contributed by atoms with Crippen molar-refractivity contribution in [2.75, 3.05) is 0 Å². The van der Waals surface area contributed by atoms with E-state index >= 15 is 0 Å². The fraction of sp³-hybridized carbons (Fsp3) is 0.400. The van der Waals surface area contributed by atoms with E-state index < -0.39 is 0 Å². The summed E-state index contributed by atoms with van der Waals surface area (Å²) >= 11 is 0. The van der Waals surface area contributed by atoms with Crippen LogP contribution in [0.3, 0.4) is 0 Å². The van der Waals surface area contributed by atoms with E-state index in [0.29, 0.717) is 0 Å². The molecule has 0 nitrogen and oxygen atoms in total. The van der Waals surface area contributed by atoms with Crippen LogP contribution in [0.4, 0.5) is 0 Å². The van der Waals surface area contributed by atoms with Crippen molar-refractivity contribution in [1.82, 2.24) is 0 Å². The van der Waals surface area contributed by atoms with Crippen LogP contribution in [0, 0.1) is 13.8 Å². The van der Waals surface area contributed by atoms with Gasteiger partial charge in [-0.15, -0.1) is 0 Å². The van der Waals surface area contributed by atoms with E-state index in [1.54, 1.807) is 0 Å². The van der Waals surface area contributed by atoms with Gasteiger partial charge in [0.1, 0.15) is 0 Å². The number of hydrogen-bond donors (Lipinski definition) is 0. The van der Waals surface area contributed by atoms with Crippen LogP contribution in [0.25, 0.3) is 0 Å². The first-order valence-corrected chi connectivity index (χ1v) is 7.52. The molecule has 0 heterocycles. The van der Waals surface area contributed by atoms with Crippen LogP contribution in [-0.2, 0) is 10.8 Å². The first-order valence-electron chi connectivity index (χ1n) is 7.52. The van der Waals surface area contributed by atoms with Gasteiger partial charge in [0.05, 0.1) is 0 Å². The van der Waals surface area contributed by atoms with E-state index in [2.05, 4.69) is 77.1 Å². The maximum absolute atomic E-state index is 2.41. The van der Waals surface area contributed by atoms with Crippen molar-refractivity contribution in [2.24, 2.45) is 0 Å². The average Bonchev–Trinajstić information content (AvgIpc) is 2.62. The third-order valence-corrected chi connectivity index (χ3v) is 5.19. The summed E-state index contributed by atoms with van der Waals surface area (Å²) in [7, 11) is 0. The number of aryl methyl sites for hydroxylation is 2. The van der Waals surface area contributed by atoms with Crippen LogP contribution < -0.4 is 0 Å². The van der Waals surface area contributed by atoms with E-state index in [4.69, 9.17) is 0 Å². The van der Waals surface area contributed by atoms with Crippen LogP contribution in [-0.4, -0.2) is 0 Å². The smallest absolute Gasteiger partial charge is 0.0186 e. The molecule has 0 fully saturated rings. The zero-order chi connectivity index (χ0) is 14.5. The Morgan fingerprint density at radius 3 is 2.10 bits per heavy atom. The maximum atomic E-state index is 2.41. The topological polar surface area (TPSA) is 0 Å². The summed E-state index contributed by atoms with van der Waals surface area (Å²) < 4.78 is 0. The molecule has 104 valence electrons. The largest absolute Gasteiger partial charge is 0.0620 e. The second-order valence-corrected chi connectivity index (χ2v) is 7.24. The standard InChI is InChI=1S/C20H24/c1-14-10-11-16(12-15(14)2)20(5)13-19(3,4)17-8-6-7-9-18(17)20/h6-12H,13H2,1-5H3. The second-order valence-electron chi connectivity index (χ2n) is 7.24. The van der Waals surface area contributed by atoms with Crippen molar-refractivity contribution < 1.29 is 0 Å². The second kappa shape index (κ2) is 4.22. The Bertz CT molecular complexity index is 663. The van der Waals surface area contributed by atoms with Gasteiger partial charge in [-0.3, -0.25) is 0 Å². The van der Waals surface area contributed by atoms with E-state index in [1.165, 1.54) is 34.2 Å². The highest BCUT2D eigenvalue weighted by Crippen LogP contribution is 2.52. The lowest BCUT2D eigenvalue weighted by atomic mass is 9.74. The fourth-order valence-electron chi connectivity index (χ4n) is 3.97. The monoisotopic (exact) mass is 264 g/mol. The average molecular weight is 264 g/mol. The number of rotatable bonds is 1. The molecule has 2 aromatic rings. The van der Waals surface area contributed by atoms with Gasteiger partial charge in [-0.2, -0.15) is 0 Å². The van der Waals surface area contributed by atoms with Gasteiger partial charge in [0, 0.05) is 5.41 Å². The molecule has 0 saturated heterocycles. The van der Waals surface area contributed by atoms with Gasteiger partial charge in [0.2, 0.25) is 0 Å². The van der Waals surface area contributed by atoms with Gasteiger partial charge in [0.15, 0.2) is 0 Å². The Hall–Kier alpha value is -1.56. The Balaban J connectivity index is 2.21. The molecule has 0 aromatic heterocycles. The molecule has 3 rings (SSSR count). The van der Waals surface area contributed by atoms with Crippen LogP contribution in [0.5, 0.6) is 0 Å². The van der Waals surface area contributed by atoms with Gasteiger partial charge in [0.25, 0.3) is 0 Å². The number of fused-ring (bicyclic) bond motifs is 1. The lowest BCUT2D eigenvalue weighted by Gasteiger charge is -2.29.